The van der Waals surface area contributed by atoms with Gasteiger partial charge in [0.1, 0.15) is 11.2 Å². The van der Waals surface area contributed by atoms with Gasteiger partial charge in [-0.25, -0.2) is 4.98 Å². The van der Waals surface area contributed by atoms with E-state index in [4.69, 9.17) is 0 Å². The highest BCUT2D eigenvalue weighted by molar-refractivity contribution is 5.74. The molecular formula is C17H21N7O. The Balaban J connectivity index is 1.57. The molecule has 1 fully saturated rings. The van der Waals surface area contributed by atoms with E-state index in [-0.39, 0.29) is 5.56 Å². The summed E-state index contributed by atoms with van der Waals surface area (Å²) in [5, 5.41) is 7.79. The fourth-order valence-corrected chi connectivity index (χ4v) is 3.25. The van der Waals surface area contributed by atoms with Gasteiger partial charge in [-0.15, -0.1) is 0 Å². The van der Waals surface area contributed by atoms with E-state index in [0.717, 1.165) is 24.5 Å². The van der Waals surface area contributed by atoms with E-state index >= 15 is 0 Å². The maximum atomic E-state index is 12.1. The van der Waals surface area contributed by atoms with E-state index in [1.807, 2.05) is 12.3 Å². The molecule has 1 aliphatic heterocycles. The van der Waals surface area contributed by atoms with Crippen molar-refractivity contribution in [3.05, 3.63) is 40.4 Å². The Morgan fingerprint density at radius 2 is 2.12 bits per heavy atom. The molecule has 3 aromatic heterocycles. The normalized spacial score (nSPS) is 14.8. The summed E-state index contributed by atoms with van der Waals surface area (Å²) in [6, 6.07) is 4.00. The Hall–Kier alpha value is -2.90. The second-order valence-electron chi connectivity index (χ2n) is 6.31. The van der Waals surface area contributed by atoms with Gasteiger partial charge in [-0.2, -0.15) is 10.1 Å². The van der Waals surface area contributed by atoms with Gasteiger partial charge in [0.2, 0.25) is 5.95 Å². The summed E-state index contributed by atoms with van der Waals surface area (Å²) in [6.45, 7) is 2.63. The Kier molecular flexibility index (Phi) is 4.09. The molecule has 25 heavy (non-hydrogen) atoms. The number of anilines is 2. The van der Waals surface area contributed by atoms with Crippen molar-refractivity contribution in [1.29, 1.82) is 0 Å². The molecule has 1 saturated heterocycles. The van der Waals surface area contributed by atoms with Gasteiger partial charge in [-0.3, -0.25) is 14.5 Å². The average Bonchev–Trinajstić information content (AvgIpc) is 3.03. The Labute approximate surface area is 144 Å². The quantitative estimate of drug-likeness (QED) is 0.751. The number of fused-ring (bicyclic) bond motifs is 1. The Morgan fingerprint density at radius 3 is 2.96 bits per heavy atom. The van der Waals surface area contributed by atoms with Crippen LogP contribution in [0.4, 0.5) is 11.8 Å². The van der Waals surface area contributed by atoms with Crippen LogP contribution in [-0.2, 0) is 13.6 Å². The number of hydrogen-bond donors (Lipinski definition) is 2. The fraction of sp³-hybridized carbons (Fsp3) is 0.412. The minimum Gasteiger partial charge on any atom is -0.356 e. The molecule has 0 atom stereocenters. The van der Waals surface area contributed by atoms with E-state index in [0.29, 0.717) is 23.5 Å². The monoisotopic (exact) mass is 339 g/mol. The van der Waals surface area contributed by atoms with E-state index < -0.39 is 0 Å². The molecule has 0 bridgehead atoms. The summed E-state index contributed by atoms with van der Waals surface area (Å²) in [7, 11) is 1.77. The molecule has 0 aliphatic carbocycles. The highest BCUT2D eigenvalue weighted by atomic mass is 16.1. The number of nitrogens with zero attached hydrogens (tertiary/aromatic N) is 5. The lowest BCUT2D eigenvalue weighted by Crippen LogP contribution is -2.31. The molecule has 0 unspecified atom stereocenters. The molecule has 2 N–H and O–H groups in total. The number of aromatic nitrogens is 5. The zero-order valence-corrected chi connectivity index (χ0v) is 14.2. The number of aryl methyl sites for hydroxylation is 1. The largest absolute Gasteiger partial charge is 0.356 e. The van der Waals surface area contributed by atoms with E-state index in [1.165, 1.54) is 25.5 Å². The minimum absolute atomic E-state index is 0.192. The zero-order valence-electron chi connectivity index (χ0n) is 14.2. The third-order valence-corrected chi connectivity index (χ3v) is 4.57. The van der Waals surface area contributed by atoms with E-state index in [1.54, 1.807) is 11.7 Å². The summed E-state index contributed by atoms with van der Waals surface area (Å²) < 4.78 is 1.60. The maximum Gasteiger partial charge on any atom is 0.263 e. The number of hydrogen-bond acceptors (Lipinski definition) is 6. The van der Waals surface area contributed by atoms with Crippen LogP contribution in [0.2, 0.25) is 0 Å². The van der Waals surface area contributed by atoms with Crippen LogP contribution in [0.25, 0.3) is 11.0 Å². The van der Waals surface area contributed by atoms with Crippen LogP contribution in [0, 0.1) is 0 Å². The van der Waals surface area contributed by atoms with Crippen LogP contribution < -0.4 is 15.8 Å². The standard InChI is InChI=1S/C17H21N7O/c1-23-15-13(11-20-23)16(25)22-17(21-15)19-10-12-6-5-7-18-14(12)24-8-3-2-4-9-24/h5-7,11H,2-4,8-10H2,1H3,(H2,19,21,22,25). The topological polar surface area (TPSA) is 91.7 Å². The van der Waals surface area contributed by atoms with Crippen molar-refractivity contribution in [3.63, 3.8) is 0 Å². The molecule has 0 spiro atoms. The van der Waals surface area contributed by atoms with Gasteiger partial charge >= 0.3 is 0 Å². The van der Waals surface area contributed by atoms with Crippen molar-refractivity contribution in [2.45, 2.75) is 25.8 Å². The summed E-state index contributed by atoms with van der Waals surface area (Å²) in [5.41, 5.74) is 1.47. The maximum absolute atomic E-state index is 12.1. The molecule has 0 radical (unpaired) electrons. The van der Waals surface area contributed by atoms with Crippen LogP contribution in [0.3, 0.4) is 0 Å². The SMILES string of the molecule is Cn1ncc2c(=O)[nH]c(NCc3cccnc3N3CCCCC3)nc21. The van der Waals surface area contributed by atoms with Gasteiger partial charge in [-0.1, -0.05) is 6.07 Å². The zero-order chi connectivity index (χ0) is 17.2. The molecule has 8 heteroatoms. The molecule has 3 aromatic rings. The van der Waals surface area contributed by atoms with Gasteiger partial charge in [0, 0.05) is 38.4 Å². The smallest absolute Gasteiger partial charge is 0.263 e. The first-order chi connectivity index (χ1) is 12.2. The summed E-state index contributed by atoms with van der Waals surface area (Å²) in [6.07, 6.45) is 7.05. The average molecular weight is 339 g/mol. The minimum atomic E-state index is -0.192. The summed E-state index contributed by atoms with van der Waals surface area (Å²) in [5.74, 6) is 1.45. The van der Waals surface area contributed by atoms with Gasteiger partial charge in [0.25, 0.3) is 5.56 Å². The van der Waals surface area contributed by atoms with Crippen molar-refractivity contribution < 1.29 is 0 Å². The van der Waals surface area contributed by atoms with Crippen LogP contribution in [0.1, 0.15) is 24.8 Å². The van der Waals surface area contributed by atoms with Crippen LogP contribution >= 0.6 is 0 Å². The van der Waals surface area contributed by atoms with Gasteiger partial charge in [0.05, 0.1) is 6.20 Å². The van der Waals surface area contributed by atoms with E-state index in [2.05, 4.69) is 36.3 Å². The number of aromatic amines is 1. The van der Waals surface area contributed by atoms with Crippen molar-refractivity contribution in [2.75, 3.05) is 23.3 Å². The molecule has 8 nitrogen and oxygen atoms in total. The second-order valence-corrected chi connectivity index (χ2v) is 6.31. The molecule has 130 valence electrons. The molecule has 4 rings (SSSR count). The van der Waals surface area contributed by atoms with Gasteiger partial charge < -0.3 is 10.2 Å². The highest BCUT2D eigenvalue weighted by Gasteiger charge is 2.15. The third kappa shape index (κ3) is 3.07. The van der Waals surface area contributed by atoms with Crippen LogP contribution in [-0.4, -0.2) is 37.8 Å². The molecular weight excluding hydrogens is 318 g/mol. The summed E-state index contributed by atoms with van der Waals surface area (Å²) >= 11 is 0. The van der Waals surface area contributed by atoms with Gasteiger partial charge in [-0.05, 0) is 25.3 Å². The van der Waals surface area contributed by atoms with Crippen molar-refractivity contribution in [1.82, 2.24) is 24.7 Å². The number of nitrogens with one attached hydrogen (secondary N) is 2. The molecule has 4 heterocycles. The number of pyridine rings is 1. The first-order valence-corrected chi connectivity index (χ1v) is 8.57. The van der Waals surface area contributed by atoms with Gasteiger partial charge in [0.15, 0.2) is 5.65 Å². The van der Waals surface area contributed by atoms with Crippen molar-refractivity contribution in [3.8, 4) is 0 Å². The predicted molar refractivity (Wildman–Crippen MR) is 96.8 cm³/mol. The Morgan fingerprint density at radius 1 is 1.28 bits per heavy atom. The van der Waals surface area contributed by atoms with Crippen LogP contribution in [0.5, 0.6) is 0 Å². The van der Waals surface area contributed by atoms with Crippen molar-refractivity contribution in [2.24, 2.45) is 7.05 Å². The number of rotatable bonds is 4. The highest BCUT2D eigenvalue weighted by Crippen LogP contribution is 2.22. The predicted octanol–water partition coefficient (Wildman–Crippen LogP) is 1.65. The molecule has 0 saturated carbocycles. The van der Waals surface area contributed by atoms with Crippen molar-refractivity contribution >= 4 is 22.8 Å². The first-order valence-electron chi connectivity index (χ1n) is 8.57. The van der Waals surface area contributed by atoms with Crippen LogP contribution in [0.15, 0.2) is 29.3 Å². The number of piperidine rings is 1. The van der Waals surface area contributed by atoms with E-state index in [9.17, 15) is 4.79 Å². The third-order valence-electron chi connectivity index (χ3n) is 4.57. The molecule has 0 amide bonds. The molecule has 1 aliphatic rings. The second kappa shape index (κ2) is 6.54. The number of H-pyrrole nitrogens is 1. The Bertz CT molecular complexity index is 940. The lowest BCUT2D eigenvalue weighted by molar-refractivity contribution is 0.572. The molecule has 0 aromatic carbocycles. The first kappa shape index (κ1) is 15.6. The lowest BCUT2D eigenvalue weighted by atomic mass is 10.1. The fourth-order valence-electron chi connectivity index (χ4n) is 3.25. The summed E-state index contributed by atoms with van der Waals surface area (Å²) in [4.78, 5) is 26.3. The lowest BCUT2D eigenvalue weighted by Gasteiger charge is -2.29.